The Labute approximate surface area is 191 Å². The summed E-state index contributed by atoms with van der Waals surface area (Å²) in [6, 6.07) is 7.81. The first-order valence-electron chi connectivity index (χ1n) is 11.0. The highest BCUT2D eigenvalue weighted by Crippen LogP contribution is 2.36. The van der Waals surface area contributed by atoms with Crippen LogP contribution in [0.4, 0.5) is 24.7 Å². The lowest BCUT2D eigenvalue weighted by molar-refractivity contribution is -0.137. The summed E-state index contributed by atoms with van der Waals surface area (Å²) in [5.74, 6) is 0.472. The van der Waals surface area contributed by atoms with Crippen molar-refractivity contribution in [3.8, 4) is 6.07 Å². The van der Waals surface area contributed by atoms with Gasteiger partial charge in [-0.25, -0.2) is 4.98 Å². The van der Waals surface area contributed by atoms with Crippen molar-refractivity contribution in [1.29, 1.82) is 5.26 Å². The monoisotopic (exact) mass is 459 g/mol. The van der Waals surface area contributed by atoms with Crippen LogP contribution in [0.5, 0.6) is 0 Å². The molecule has 6 nitrogen and oxygen atoms in total. The third kappa shape index (κ3) is 6.37. The summed E-state index contributed by atoms with van der Waals surface area (Å²) in [5.41, 5.74) is -0.0895. The Bertz CT molecular complexity index is 1040. The van der Waals surface area contributed by atoms with Crippen LogP contribution in [0.1, 0.15) is 66.6 Å². The van der Waals surface area contributed by atoms with Crippen molar-refractivity contribution in [1.82, 2.24) is 10.3 Å². The predicted octanol–water partition coefficient (Wildman–Crippen LogP) is 5.25. The summed E-state index contributed by atoms with van der Waals surface area (Å²) in [4.78, 5) is 16.8. The first kappa shape index (κ1) is 24.4. The Kier molecular flexibility index (Phi) is 7.46. The number of hydrogen-bond acceptors (Lipinski definition) is 5. The highest BCUT2D eigenvalue weighted by Gasteiger charge is 2.35. The highest BCUT2D eigenvalue weighted by molar-refractivity contribution is 5.95. The Hall–Kier alpha value is -3.28. The van der Waals surface area contributed by atoms with Gasteiger partial charge in [0.25, 0.3) is 5.91 Å². The number of pyridine rings is 1. The zero-order chi connectivity index (χ0) is 24.2. The quantitative estimate of drug-likeness (QED) is 0.549. The molecule has 9 heteroatoms. The molecule has 1 aromatic heterocycles. The zero-order valence-corrected chi connectivity index (χ0v) is 18.9. The van der Waals surface area contributed by atoms with Gasteiger partial charge < -0.3 is 16.0 Å². The van der Waals surface area contributed by atoms with Crippen molar-refractivity contribution in [2.75, 3.05) is 10.6 Å². The van der Waals surface area contributed by atoms with E-state index in [-0.39, 0.29) is 29.6 Å². The zero-order valence-electron chi connectivity index (χ0n) is 18.9. The number of aryl methyl sites for hydroxylation is 1. The van der Waals surface area contributed by atoms with Crippen molar-refractivity contribution >= 4 is 17.4 Å². The molecule has 1 aliphatic rings. The first-order valence-corrected chi connectivity index (χ1v) is 11.0. The summed E-state index contributed by atoms with van der Waals surface area (Å²) < 4.78 is 40.0. The van der Waals surface area contributed by atoms with Crippen LogP contribution < -0.4 is 16.0 Å². The Morgan fingerprint density at radius 2 is 1.82 bits per heavy atom. The number of carbonyl (C=O) groups excluding carboxylic acids is 1. The van der Waals surface area contributed by atoms with E-state index in [9.17, 15) is 18.0 Å². The van der Waals surface area contributed by atoms with Gasteiger partial charge in [-0.3, -0.25) is 4.79 Å². The molecule has 1 aromatic carbocycles. The molecule has 0 atom stereocenters. The average Bonchev–Trinajstić information content (AvgIpc) is 2.74. The molecule has 33 heavy (non-hydrogen) atoms. The second-order valence-electron chi connectivity index (χ2n) is 8.72. The number of aromatic nitrogens is 1. The predicted molar refractivity (Wildman–Crippen MR) is 121 cm³/mol. The van der Waals surface area contributed by atoms with Crippen molar-refractivity contribution in [3.63, 3.8) is 0 Å². The number of halogens is 3. The van der Waals surface area contributed by atoms with E-state index in [0.29, 0.717) is 48.3 Å². The topological polar surface area (TPSA) is 89.8 Å². The van der Waals surface area contributed by atoms with Crippen molar-refractivity contribution in [2.24, 2.45) is 0 Å². The third-order valence-corrected chi connectivity index (χ3v) is 5.64. The smallest absolute Gasteiger partial charge is 0.382 e. The molecule has 0 saturated heterocycles. The summed E-state index contributed by atoms with van der Waals surface area (Å²) in [6.07, 6.45) is -0.147. The Balaban J connectivity index is 1.58. The standard InChI is InChI=1S/C24H28F3N5O/c1-14(2)30-22-11-16(8-9-29-22)23(33)32-18-6-4-17(5-7-18)31-19-10-15(3)20(13-28)21(12-19)24(25,26)27/h8-12,14,17-18,31H,4-7H2,1-3H3,(H,29,30)(H,32,33)/t17-,18+. The second-order valence-corrected chi connectivity index (χ2v) is 8.72. The maximum Gasteiger partial charge on any atom is 0.417 e. The summed E-state index contributed by atoms with van der Waals surface area (Å²) in [5, 5.41) is 18.5. The maximum atomic E-state index is 13.3. The number of nitriles is 1. The molecule has 1 heterocycles. The lowest BCUT2D eigenvalue weighted by atomic mass is 9.90. The average molecular weight is 460 g/mol. The van der Waals surface area contributed by atoms with Gasteiger partial charge in [-0.15, -0.1) is 0 Å². The van der Waals surface area contributed by atoms with Crippen LogP contribution in [0.25, 0.3) is 0 Å². The van der Waals surface area contributed by atoms with Gasteiger partial charge in [0, 0.05) is 35.6 Å². The number of amides is 1. The maximum absolute atomic E-state index is 13.3. The minimum atomic E-state index is -4.59. The van der Waals surface area contributed by atoms with Crippen LogP contribution in [0, 0.1) is 18.3 Å². The molecule has 0 bridgehead atoms. The van der Waals surface area contributed by atoms with Gasteiger partial charge in [0.05, 0.1) is 11.1 Å². The molecule has 1 fully saturated rings. The molecule has 3 N–H and O–H groups in total. The van der Waals surface area contributed by atoms with Gasteiger partial charge >= 0.3 is 6.18 Å². The Morgan fingerprint density at radius 1 is 1.15 bits per heavy atom. The number of benzene rings is 1. The van der Waals surface area contributed by atoms with Crippen LogP contribution in [-0.4, -0.2) is 29.0 Å². The van der Waals surface area contributed by atoms with Gasteiger partial charge in [0.1, 0.15) is 11.9 Å². The van der Waals surface area contributed by atoms with Crippen LogP contribution in [0.3, 0.4) is 0 Å². The molecule has 3 rings (SSSR count). The minimum absolute atomic E-state index is 0.00124. The second kappa shape index (κ2) is 10.1. The number of alkyl halides is 3. The van der Waals surface area contributed by atoms with E-state index in [1.807, 2.05) is 13.8 Å². The fourth-order valence-electron chi connectivity index (χ4n) is 4.08. The van der Waals surface area contributed by atoms with E-state index in [2.05, 4.69) is 20.9 Å². The van der Waals surface area contributed by atoms with E-state index < -0.39 is 11.7 Å². The molecule has 2 aromatic rings. The van der Waals surface area contributed by atoms with Crippen LogP contribution in [0.15, 0.2) is 30.5 Å². The summed E-state index contributed by atoms with van der Waals surface area (Å²) >= 11 is 0. The molecule has 0 unspecified atom stereocenters. The number of rotatable bonds is 6. The normalized spacial score (nSPS) is 18.5. The molecule has 176 valence electrons. The molecular weight excluding hydrogens is 431 g/mol. The van der Waals surface area contributed by atoms with Gasteiger partial charge in [-0.05, 0) is 76.3 Å². The summed E-state index contributed by atoms with van der Waals surface area (Å²) in [6.45, 7) is 5.49. The van der Waals surface area contributed by atoms with E-state index in [1.165, 1.54) is 6.92 Å². The number of carbonyl (C=O) groups is 1. The van der Waals surface area contributed by atoms with Crippen LogP contribution in [0.2, 0.25) is 0 Å². The fourth-order valence-corrected chi connectivity index (χ4v) is 4.08. The largest absolute Gasteiger partial charge is 0.417 e. The lowest BCUT2D eigenvalue weighted by Crippen LogP contribution is -2.40. The van der Waals surface area contributed by atoms with Gasteiger partial charge in [0.2, 0.25) is 0 Å². The molecular formula is C24H28F3N5O. The van der Waals surface area contributed by atoms with E-state index >= 15 is 0 Å². The van der Waals surface area contributed by atoms with Crippen molar-refractivity contribution in [3.05, 3.63) is 52.7 Å². The minimum Gasteiger partial charge on any atom is -0.382 e. The molecule has 1 amide bonds. The first-order chi connectivity index (χ1) is 15.6. The molecule has 0 radical (unpaired) electrons. The number of nitrogens with one attached hydrogen (secondary N) is 3. The third-order valence-electron chi connectivity index (χ3n) is 5.64. The van der Waals surface area contributed by atoms with Gasteiger partial charge in [-0.1, -0.05) is 0 Å². The fraction of sp³-hybridized carbons (Fsp3) is 0.458. The van der Waals surface area contributed by atoms with E-state index in [1.54, 1.807) is 30.5 Å². The molecule has 1 aliphatic carbocycles. The molecule has 0 aliphatic heterocycles. The molecule has 0 spiro atoms. The summed E-state index contributed by atoms with van der Waals surface area (Å²) in [7, 11) is 0. The highest BCUT2D eigenvalue weighted by atomic mass is 19.4. The van der Waals surface area contributed by atoms with Gasteiger partial charge in [-0.2, -0.15) is 18.4 Å². The number of hydrogen-bond donors (Lipinski definition) is 3. The molecule has 1 saturated carbocycles. The SMILES string of the molecule is Cc1cc(N[C@H]2CC[C@@H](NC(=O)c3ccnc(NC(C)C)c3)CC2)cc(C(F)(F)F)c1C#N. The number of anilines is 2. The Morgan fingerprint density at radius 3 is 2.42 bits per heavy atom. The lowest BCUT2D eigenvalue weighted by Gasteiger charge is -2.30. The van der Waals surface area contributed by atoms with Crippen LogP contribution in [-0.2, 0) is 6.18 Å². The van der Waals surface area contributed by atoms with Crippen LogP contribution >= 0.6 is 0 Å². The van der Waals surface area contributed by atoms with Crippen molar-refractivity contribution in [2.45, 2.75) is 70.8 Å². The van der Waals surface area contributed by atoms with E-state index in [4.69, 9.17) is 5.26 Å². The number of nitrogens with zero attached hydrogens (tertiary/aromatic N) is 2. The van der Waals surface area contributed by atoms with E-state index in [0.717, 1.165) is 6.07 Å². The van der Waals surface area contributed by atoms with Crippen molar-refractivity contribution < 1.29 is 18.0 Å². The van der Waals surface area contributed by atoms with Gasteiger partial charge in [0.15, 0.2) is 0 Å².